The molecule has 1 rings (SSSR count). The van der Waals surface area contributed by atoms with Crippen LogP contribution in [0.1, 0.15) is 55.3 Å². The number of carbonyl (C=O) groups excluding carboxylic acids is 3. The van der Waals surface area contributed by atoms with Crippen LogP contribution in [-0.4, -0.2) is 55.0 Å². The lowest BCUT2D eigenvalue weighted by atomic mass is 10.1. The summed E-state index contributed by atoms with van der Waals surface area (Å²) in [7, 11) is 1.26. The lowest BCUT2D eigenvalue weighted by Gasteiger charge is -2.21. The van der Waals surface area contributed by atoms with Crippen LogP contribution in [-0.2, 0) is 9.53 Å². The highest BCUT2D eigenvalue weighted by molar-refractivity contribution is 6.01. The standard InChI is InChI=1S/C19H28N2O5/c1-7-21(8-2)18(23)14-9-10-15(16(11-14)26-12(3)4)17(22)20-13(5)19(24)25-6/h9-13H,7-8H2,1-6H3,(H,20,22)/t13-/m0/s1. The van der Waals surface area contributed by atoms with Gasteiger partial charge in [0.25, 0.3) is 11.8 Å². The van der Waals surface area contributed by atoms with Crippen molar-refractivity contribution in [2.24, 2.45) is 0 Å². The number of nitrogens with zero attached hydrogens (tertiary/aromatic N) is 1. The Labute approximate surface area is 154 Å². The van der Waals surface area contributed by atoms with Crippen molar-refractivity contribution in [2.45, 2.75) is 46.8 Å². The number of rotatable bonds is 8. The largest absolute Gasteiger partial charge is 0.490 e. The Hall–Kier alpha value is -2.57. The maximum Gasteiger partial charge on any atom is 0.328 e. The van der Waals surface area contributed by atoms with Gasteiger partial charge in [0.2, 0.25) is 0 Å². The molecule has 0 fully saturated rings. The quantitative estimate of drug-likeness (QED) is 0.715. The number of esters is 1. The van der Waals surface area contributed by atoms with Gasteiger partial charge in [-0.15, -0.1) is 0 Å². The fraction of sp³-hybridized carbons (Fsp3) is 0.526. The molecule has 7 nitrogen and oxygen atoms in total. The van der Waals surface area contributed by atoms with Crippen molar-refractivity contribution in [2.75, 3.05) is 20.2 Å². The van der Waals surface area contributed by atoms with E-state index in [1.165, 1.54) is 20.1 Å². The molecule has 2 amide bonds. The number of methoxy groups -OCH3 is 1. The van der Waals surface area contributed by atoms with Crippen molar-refractivity contribution >= 4 is 17.8 Å². The van der Waals surface area contributed by atoms with E-state index in [0.717, 1.165) is 0 Å². The van der Waals surface area contributed by atoms with Crippen LogP contribution in [0.15, 0.2) is 18.2 Å². The summed E-state index contributed by atoms with van der Waals surface area (Å²) in [5.74, 6) is -0.843. The lowest BCUT2D eigenvalue weighted by Crippen LogP contribution is -2.39. The third kappa shape index (κ3) is 5.47. The van der Waals surface area contributed by atoms with Crippen molar-refractivity contribution in [3.8, 4) is 5.75 Å². The van der Waals surface area contributed by atoms with E-state index in [9.17, 15) is 14.4 Å². The molecule has 0 unspecified atom stereocenters. The summed E-state index contributed by atoms with van der Waals surface area (Å²) in [6.45, 7) is 10.2. The highest BCUT2D eigenvalue weighted by Gasteiger charge is 2.22. The van der Waals surface area contributed by atoms with Crippen molar-refractivity contribution < 1.29 is 23.9 Å². The summed E-state index contributed by atoms with van der Waals surface area (Å²) in [6.07, 6.45) is -0.182. The number of carbonyl (C=O) groups is 3. The number of hydrogen-bond acceptors (Lipinski definition) is 5. The lowest BCUT2D eigenvalue weighted by molar-refractivity contribution is -0.142. The molecule has 0 heterocycles. The van der Waals surface area contributed by atoms with Crippen LogP contribution in [0.2, 0.25) is 0 Å². The van der Waals surface area contributed by atoms with Crippen LogP contribution in [0.4, 0.5) is 0 Å². The molecule has 0 bridgehead atoms. The maximum absolute atomic E-state index is 12.5. The van der Waals surface area contributed by atoms with Gasteiger partial charge in [0, 0.05) is 18.7 Å². The molecule has 144 valence electrons. The molecule has 0 aliphatic rings. The zero-order valence-electron chi connectivity index (χ0n) is 16.3. The van der Waals surface area contributed by atoms with Gasteiger partial charge in [-0.2, -0.15) is 0 Å². The molecule has 0 aromatic heterocycles. The third-order valence-electron chi connectivity index (χ3n) is 3.79. The van der Waals surface area contributed by atoms with Gasteiger partial charge in [-0.25, -0.2) is 4.79 Å². The molecule has 1 aromatic rings. The monoisotopic (exact) mass is 364 g/mol. The zero-order chi connectivity index (χ0) is 19.9. The van der Waals surface area contributed by atoms with E-state index in [-0.39, 0.29) is 17.6 Å². The first-order chi connectivity index (χ1) is 12.2. The summed E-state index contributed by atoms with van der Waals surface area (Å²) in [4.78, 5) is 38.2. The van der Waals surface area contributed by atoms with Gasteiger partial charge < -0.3 is 19.7 Å². The van der Waals surface area contributed by atoms with Gasteiger partial charge in [0.1, 0.15) is 11.8 Å². The van der Waals surface area contributed by atoms with Gasteiger partial charge in [-0.3, -0.25) is 9.59 Å². The molecule has 0 saturated carbocycles. The first kappa shape index (κ1) is 21.5. The molecule has 1 N–H and O–H groups in total. The minimum atomic E-state index is -0.795. The second-order valence-corrected chi connectivity index (χ2v) is 6.07. The number of amides is 2. The molecule has 0 saturated heterocycles. The van der Waals surface area contributed by atoms with E-state index in [1.807, 2.05) is 27.7 Å². The van der Waals surface area contributed by atoms with Crippen molar-refractivity contribution in [3.05, 3.63) is 29.3 Å². The number of ether oxygens (including phenoxy) is 2. The molecule has 0 aliphatic heterocycles. The third-order valence-corrected chi connectivity index (χ3v) is 3.79. The van der Waals surface area contributed by atoms with Crippen LogP contribution in [0.25, 0.3) is 0 Å². The molecule has 7 heteroatoms. The van der Waals surface area contributed by atoms with Crippen LogP contribution in [0, 0.1) is 0 Å². The second-order valence-electron chi connectivity index (χ2n) is 6.07. The zero-order valence-corrected chi connectivity index (χ0v) is 16.3. The molecule has 0 radical (unpaired) electrons. The molecular formula is C19H28N2O5. The first-order valence-electron chi connectivity index (χ1n) is 8.73. The van der Waals surface area contributed by atoms with E-state index in [2.05, 4.69) is 10.1 Å². The van der Waals surface area contributed by atoms with Crippen LogP contribution in [0.3, 0.4) is 0 Å². The molecule has 1 atom stereocenters. The van der Waals surface area contributed by atoms with Crippen LogP contribution in [0.5, 0.6) is 5.75 Å². The Morgan fingerprint density at radius 2 is 1.73 bits per heavy atom. The van der Waals surface area contributed by atoms with E-state index in [0.29, 0.717) is 24.4 Å². The first-order valence-corrected chi connectivity index (χ1v) is 8.73. The summed E-state index contributed by atoms with van der Waals surface area (Å²) in [5.41, 5.74) is 0.701. The molecule has 0 aliphatic carbocycles. The number of nitrogens with one attached hydrogen (secondary N) is 1. The Kier molecular flexibility index (Phi) is 8.09. The van der Waals surface area contributed by atoms with Crippen molar-refractivity contribution in [1.82, 2.24) is 10.2 Å². The second kappa shape index (κ2) is 9.79. The van der Waals surface area contributed by atoms with Gasteiger partial charge in [-0.1, -0.05) is 0 Å². The van der Waals surface area contributed by atoms with E-state index >= 15 is 0 Å². The van der Waals surface area contributed by atoms with Gasteiger partial charge in [0.15, 0.2) is 0 Å². The Bertz CT molecular complexity index is 653. The van der Waals surface area contributed by atoms with E-state index < -0.39 is 17.9 Å². The highest BCUT2D eigenvalue weighted by atomic mass is 16.5. The fourth-order valence-electron chi connectivity index (χ4n) is 2.40. The highest BCUT2D eigenvalue weighted by Crippen LogP contribution is 2.23. The average molecular weight is 364 g/mol. The Morgan fingerprint density at radius 1 is 1.12 bits per heavy atom. The maximum atomic E-state index is 12.5. The topological polar surface area (TPSA) is 84.9 Å². The van der Waals surface area contributed by atoms with Crippen molar-refractivity contribution in [1.29, 1.82) is 0 Å². The minimum Gasteiger partial charge on any atom is -0.490 e. The van der Waals surface area contributed by atoms with Crippen LogP contribution >= 0.6 is 0 Å². The van der Waals surface area contributed by atoms with Crippen molar-refractivity contribution in [3.63, 3.8) is 0 Å². The molecule has 26 heavy (non-hydrogen) atoms. The van der Waals surface area contributed by atoms with E-state index in [4.69, 9.17) is 4.74 Å². The predicted octanol–water partition coefficient (Wildman–Crippen LogP) is 2.25. The summed E-state index contributed by atoms with van der Waals surface area (Å²) >= 11 is 0. The molecule has 0 spiro atoms. The summed E-state index contributed by atoms with van der Waals surface area (Å²) in [6, 6.07) is 3.90. The summed E-state index contributed by atoms with van der Waals surface area (Å²) in [5, 5.41) is 2.57. The average Bonchev–Trinajstić information content (AvgIpc) is 2.61. The minimum absolute atomic E-state index is 0.126. The smallest absolute Gasteiger partial charge is 0.328 e. The summed E-state index contributed by atoms with van der Waals surface area (Å²) < 4.78 is 10.3. The Morgan fingerprint density at radius 3 is 2.23 bits per heavy atom. The Balaban J connectivity index is 3.17. The normalized spacial score (nSPS) is 11.7. The SMILES string of the molecule is CCN(CC)C(=O)c1ccc(C(=O)N[C@@H](C)C(=O)OC)c(OC(C)C)c1. The number of benzene rings is 1. The predicted molar refractivity (Wildman–Crippen MR) is 98.4 cm³/mol. The van der Waals surface area contributed by atoms with Gasteiger partial charge in [0.05, 0.1) is 18.8 Å². The van der Waals surface area contributed by atoms with Gasteiger partial charge >= 0.3 is 5.97 Å². The molecule has 1 aromatic carbocycles. The van der Waals surface area contributed by atoms with Gasteiger partial charge in [-0.05, 0) is 52.8 Å². The fourth-order valence-corrected chi connectivity index (χ4v) is 2.40. The molecular weight excluding hydrogens is 336 g/mol. The number of hydrogen-bond donors (Lipinski definition) is 1. The van der Waals surface area contributed by atoms with Crippen LogP contribution < -0.4 is 10.1 Å². The van der Waals surface area contributed by atoms with E-state index in [1.54, 1.807) is 17.0 Å².